The van der Waals surface area contributed by atoms with Gasteiger partial charge in [0.1, 0.15) is 5.56 Å². The second-order valence-electron chi connectivity index (χ2n) is 5.21. The molecule has 0 radical (unpaired) electrons. The number of aryl methyl sites for hydroxylation is 1. The highest BCUT2D eigenvalue weighted by Gasteiger charge is 2.16. The number of nitrogen functional groups attached to an aromatic ring is 1. The molecule has 0 aliphatic rings. The van der Waals surface area contributed by atoms with E-state index in [1.165, 1.54) is 0 Å². The second kappa shape index (κ2) is 7.78. The molecule has 0 fully saturated rings. The fourth-order valence-electron chi connectivity index (χ4n) is 2.50. The molecule has 6 nitrogen and oxygen atoms in total. The van der Waals surface area contributed by atoms with E-state index in [2.05, 4.69) is 5.32 Å². The van der Waals surface area contributed by atoms with E-state index in [0.29, 0.717) is 43.8 Å². The topological polar surface area (TPSA) is 86.3 Å². The van der Waals surface area contributed by atoms with Gasteiger partial charge < -0.3 is 20.4 Å². The predicted octanol–water partition coefficient (Wildman–Crippen LogP) is 1.76. The van der Waals surface area contributed by atoms with Crippen LogP contribution in [0.15, 0.2) is 29.2 Å². The first-order valence-electron chi connectivity index (χ1n) is 7.87. The molecule has 23 heavy (non-hydrogen) atoms. The lowest BCUT2D eigenvalue weighted by atomic mass is 10.1. The zero-order valence-electron chi connectivity index (χ0n) is 13.6. The van der Waals surface area contributed by atoms with Crippen LogP contribution in [0.3, 0.4) is 0 Å². The summed E-state index contributed by atoms with van der Waals surface area (Å²) in [6.45, 7) is 6.22. The third kappa shape index (κ3) is 3.71. The Labute approximate surface area is 135 Å². The van der Waals surface area contributed by atoms with Crippen LogP contribution in [0.2, 0.25) is 0 Å². The van der Waals surface area contributed by atoms with Crippen molar-refractivity contribution in [1.82, 2.24) is 9.88 Å². The summed E-state index contributed by atoms with van der Waals surface area (Å²) < 4.78 is 7.08. The molecule has 1 aromatic carbocycles. The average Bonchev–Trinajstić information content (AvgIpc) is 2.55. The number of hydrogen-bond acceptors (Lipinski definition) is 4. The number of nitrogens with two attached hydrogens (primary N) is 1. The number of benzene rings is 1. The number of aromatic nitrogens is 1. The lowest BCUT2D eigenvalue weighted by Crippen LogP contribution is -2.31. The Bertz CT molecular complexity index is 753. The van der Waals surface area contributed by atoms with E-state index < -0.39 is 0 Å². The molecular weight excluding hydrogens is 294 g/mol. The number of anilines is 1. The van der Waals surface area contributed by atoms with E-state index >= 15 is 0 Å². The van der Waals surface area contributed by atoms with Crippen LogP contribution in [-0.2, 0) is 11.3 Å². The first-order chi connectivity index (χ1) is 11.1. The maximum Gasteiger partial charge on any atom is 0.256 e. The lowest BCUT2D eigenvalue weighted by Gasteiger charge is -2.13. The maximum atomic E-state index is 12.6. The van der Waals surface area contributed by atoms with E-state index in [9.17, 15) is 9.59 Å². The van der Waals surface area contributed by atoms with Crippen molar-refractivity contribution in [3.63, 3.8) is 0 Å². The number of carbonyl (C=O) groups excluding carboxylic acids is 1. The second-order valence-corrected chi connectivity index (χ2v) is 5.21. The minimum absolute atomic E-state index is 0.119. The van der Waals surface area contributed by atoms with Crippen LogP contribution < -0.4 is 16.5 Å². The first-order valence-corrected chi connectivity index (χ1v) is 7.87. The number of amides is 1. The summed E-state index contributed by atoms with van der Waals surface area (Å²) in [5.74, 6) is -0.376. The maximum absolute atomic E-state index is 12.6. The Kier molecular flexibility index (Phi) is 5.76. The van der Waals surface area contributed by atoms with Gasteiger partial charge in [-0.1, -0.05) is 6.07 Å². The van der Waals surface area contributed by atoms with E-state index in [1.54, 1.807) is 18.3 Å². The number of pyridine rings is 1. The molecule has 2 rings (SSSR count). The summed E-state index contributed by atoms with van der Waals surface area (Å²) in [6, 6.07) is 5.31. The molecule has 3 N–H and O–H groups in total. The molecule has 6 heteroatoms. The summed E-state index contributed by atoms with van der Waals surface area (Å²) in [6.07, 6.45) is 2.30. The van der Waals surface area contributed by atoms with Crippen LogP contribution in [0, 0.1) is 0 Å². The zero-order valence-corrected chi connectivity index (χ0v) is 13.6. The van der Waals surface area contributed by atoms with Crippen molar-refractivity contribution in [2.24, 2.45) is 0 Å². The van der Waals surface area contributed by atoms with Gasteiger partial charge in [-0.2, -0.15) is 0 Å². The van der Waals surface area contributed by atoms with Crippen LogP contribution in [0.1, 0.15) is 30.6 Å². The lowest BCUT2D eigenvalue weighted by molar-refractivity contribution is 0.0942. The Balaban J connectivity index is 2.30. The molecule has 1 amide bonds. The highest BCUT2D eigenvalue weighted by Crippen LogP contribution is 2.18. The summed E-state index contributed by atoms with van der Waals surface area (Å²) >= 11 is 0. The highest BCUT2D eigenvalue weighted by atomic mass is 16.5. The van der Waals surface area contributed by atoms with Crippen molar-refractivity contribution in [2.75, 3.05) is 25.5 Å². The van der Waals surface area contributed by atoms with Gasteiger partial charge in [-0.3, -0.25) is 9.59 Å². The monoisotopic (exact) mass is 317 g/mol. The Morgan fingerprint density at radius 3 is 2.83 bits per heavy atom. The number of carbonyl (C=O) groups is 1. The molecule has 0 atom stereocenters. The number of fused-ring (bicyclic) bond motifs is 1. The highest BCUT2D eigenvalue weighted by molar-refractivity contribution is 6.00. The molecule has 0 spiro atoms. The molecule has 124 valence electrons. The summed E-state index contributed by atoms with van der Waals surface area (Å²) in [7, 11) is 0. The van der Waals surface area contributed by atoms with E-state index in [1.807, 2.05) is 24.5 Å². The molecule has 0 aliphatic heterocycles. The molecule has 0 bridgehead atoms. The third-order valence-electron chi connectivity index (χ3n) is 3.68. The van der Waals surface area contributed by atoms with E-state index in [0.717, 1.165) is 5.52 Å². The van der Waals surface area contributed by atoms with Gasteiger partial charge in [0.25, 0.3) is 5.91 Å². The van der Waals surface area contributed by atoms with Gasteiger partial charge in [0.15, 0.2) is 0 Å². The Morgan fingerprint density at radius 1 is 1.35 bits per heavy atom. The zero-order chi connectivity index (χ0) is 16.8. The smallest absolute Gasteiger partial charge is 0.256 e. The number of rotatable bonds is 7. The molecule has 0 saturated heterocycles. The van der Waals surface area contributed by atoms with Crippen molar-refractivity contribution in [3.05, 3.63) is 40.2 Å². The number of hydrogen-bond donors (Lipinski definition) is 2. The molecule has 2 aromatic rings. The van der Waals surface area contributed by atoms with Crippen LogP contribution in [0.25, 0.3) is 10.9 Å². The fourth-order valence-corrected chi connectivity index (χ4v) is 2.50. The van der Waals surface area contributed by atoms with Crippen molar-refractivity contribution in [1.29, 1.82) is 0 Å². The standard InChI is InChI=1S/C17H23N3O3/c1-3-20-11-12(17(22)19-9-6-10-23-4-2)16(21)15-13(18)7-5-8-14(15)20/h5,7-8,11H,3-4,6,9-10,18H2,1-2H3,(H,19,22). The van der Waals surface area contributed by atoms with Crippen LogP contribution >= 0.6 is 0 Å². The fraction of sp³-hybridized carbons (Fsp3) is 0.412. The largest absolute Gasteiger partial charge is 0.398 e. The molecule has 0 aliphatic carbocycles. The van der Waals surface area contributed by atoms with E-state index in [-0.39, 0.29) is 16.9 Å². The molecule has 0 unspecified atom stereocenters. The van der Waals surface area contributed by atoms with Gasteiger partial charge in [-0.05, 0) is 32.4 Å². The third-order valence-corrected chi connectivity index (χ3v) is 3.68. The number of nitrogens with zero attached hydrogens (tertiary/aromatic N) is 1. The quantitative estimate of drug-likeness (QED) is 0.602. The molecular formula is C17H23N3O3. The van der Waals surface area contributed by atoms with Crippen molar-refractivity contribution in [2.45, 2.75) is 26.8 Å². The Morgan fingerprint density at radius 2 is 2.13 bits per heavy atom. The number of nitrogens with one attached hydrogen (secondary N) is 1. The summed E-state index contributed by atoms with van der Waals surface area (Å²) in [5.41, 5.74) is 6.86. The van der Waals surface area contributed by atoms with E-state index in [4.69, 9.17) is 10.5 Å². The van der Waals surface area contributed by atoms with Gasteiger partial charge in [0.05, 0.1) is 10.9 Å². The minimum atomic E-state index is -0.376. The predicted molar refractivity (Wildman–Crippen MR) is 91.7 cm³/mol. The molecule has 1 aromatic heterocycles. The summed E-state index contributed by atoms with van der Waals surface area (Å²) in [4.78, 5) is 24.9. The van der Waals surface area contributed by atoms with Crippen LogP contribution in [0.5, 0.6) is 0 Å². The number of ether oxygens (including phenoxy) is 1. The van der Waals surface area contributed by atoms with Gasteiger partial charge >= 0.3 is 0 Å². The molecule has 1 heterocycles. The van der Waals surface area contributed by atoms with Crippen molar-refractivity contribution in [3.8, 4) is 0 Å². The van der Waals surface area contributed by atoms with Gasteiger partial charge in [-0.15, -0.1) is 0 Å². The first kappa shape index (κ1) is 17.0. The summed E-state index contributed by atoms with van der Waals surface area (Å²) in [5, 5.41) is 3.16. The Hall–Kier alpha value is -2.34. The molecule has 0 saturated carbocycles. The van der Waals surface area contributed by atoms with Crippen LogP contribution in [0.4, 0.5) is 5.69 Å². The normalized spacial score (nSPS) is 10.9. The van der Waals surface area contributed by atoms with Gasteiger partial charge in [0.2, 0.25) is 5.43 Å². The van der Waals surface area contributed by atoms with Crippen molar-refractivity contribution >= 4 is 22.5 Å². The van der Waals surface area contributed by atoms with Crippen molar-refractivity contribution < 1.29 is 9.53 Å². The minimum Gasteiger partial charge on any atom is -0.398 e. The van der Waals surface area contributed by atoms with Gasteiger partial charge in [-0.25, -0.2) is 0 Å². The SMILES string of the molecule is CCOCCCNC(=O)c1cn(CC)c2cccc(N)c2c1=O. The van der Waals surface area contributed by atoms with Gasteiger partial charge in [0, 0.05) is 38.2 Å². The van der Waals surface area contributed by atoms with Crippen LogP contribution in [-0.4, -0.2) is 30.2 Å². The average molecular weight is 317 g/mol.